The van der Waals surface area contributed by atoms with Gasteiger partial charge in [-0.25, -0.2) is 0 Å². The van der Waals surface area contributed by atoms with Gasteiger partial charge in [0.15, 0.2) is 0 Å². The Balaban J connectivity index is 1.91. The second-order valence-corrected chi connectivity index (χ2v) is 5.59. The van der Waals surface area contributed by atoms with Crippen LogP contribution in [-0.2, 0) is 7.05 Å². The number of carbonyl (C=O) groups excluding carboxylic acids is 2. The minimum Gasteiger partial charge on any atom is -0.366 e. The third-order valence-electron chi connectivity index (χ3n) is 4.08. The summed E-state index contributed by atoms with van der Waals surface area (Å²) in [7, 11) is 1.74. The van der Waals surface area contributed by atoms with E-state index in [1.54, 1.807) is 36.3 Å². The third kappa shape index (κ3) is 2.95. The molecule has 1 saturated heterocycles. The molecule has 0 radical (unpaired) electrons. The highest BCUT2D eigenvalue weighted by Crippen LogP contribution is 2.24. The van der Waals surface area contributed by atoms with Gasteiger partial charge in [-0.2, -0.15) is 0 Å². The summed E-state index contributed by atoms with van der Waals surface area (Å²) in [5, 5.41) is 3.31. The molecule has 2 aromatic rings. The molecule has 2 aromatic heterocycles. The quantitative estimate of drug-likeness (QED) is 0.852. The monoisotopic (exact) mass is 313 g/mol. The van der Waals surface area contributed by atoms with Gasteiger partial charge in [0.05, 0.1) is 11.6 Å². The van der Waals surface area contributed by atoms with Gasteiger partial charge in [0, 0.05) is 45.3 Å². The van der Waals surface area contributed by atoms with Gasteiger partial charge in [-0.1, -0.05) is 6.07 Å². The second kappa shape index (κ2) is 6.21. The van der Waals surface area contributed by atoms with Crippen LogP contribution in [0.2, 0.25) is 0 Å². The molecular weight excluding hydrogens is 294 g/mol. The molecule has 3 N–H and O–H groups in total. The van der Waals surface area contributed by atoms with Crippen molar-refractivity contribution < 1.29 is 9.59 Å². The van der Waals surface area contributed by atoms with Crippen LogP contribution in [0, 0.1) is 0 Å². The zero-order valence-corrected chi connectivity index (χ0v) is 12.9. The zero-order valence-electron chi connectivity index (χ0n) is 12.9. The molecule has 23 heavy (non-hydrogen) atoms. The summed E-state index contributed by atoms with van der Waals surface area (Å²) >= 11 is 0. The maximum atomic E-state index is 12.9. The Morgan fingerprint density at radius 3 is 2.91 bits per heavy atom. The van der Waals surface area contributed by atoms with Crippen LogP contribution in [-0.4, -0.2) is 45.9 Å². The summed E-state index contributed by atoms with van der Waals surface area (Å²) < 4.78 is 1.64. The van der Waals surface area contributed by atoms with Gasteiger partial charge < -0.3 is 20.5 Å². The molecule has 0 spiro atoms. The molecule has 0 bridgehead atoms. The summed E-state index contributed by atoms with van der Waals surface area (Å²) in [4.78, 5) is 30.2. The molecule has 2 amide bonds. The van der Waals surface area contributed by atoms with Gasteiger partial charge in [0.25, 0.3) is 5.91 Å². The van der Waals surface area contributed by atoms with E-state index in [-0.39, 0.29) is 11.9 Å². The van der Waals surface area contributed by atoms with Crippen molar-refractivity contribution in [2.24, 2.45) is 12.8 Å². The molecule has 7 heteroatoms. The fourth-order valence-electron chi connectivity index (χ4n) is 2.88. The SMILES string of the molecule is Cn1cc(C(N)=O)cc1C(=O)N1CCNCC1c1cccnc1. The van der Waals surface area contributed by atoms with Crippen molar-refractivity contribution in [3.8, 4) is 0 Å². The van der Waals surface area contributed by atoms with Crippen molar-refractivity contribution in [1.82, 2.24) is 19.8 Å². The van der Waals surface area contributed by atoms with E-state index in [2.05, 4.69) is 10.3 Å². The first kappa shape index (κ1) is 15.2. The maximum absolute atomic E-state index is 12.9. The van der Waals surface area contributed by atoms with Crippen molar-refractivity contribution >= 4 is 11.8 Å². The first-order valence-corrected chi connectivity index (χ1v) is 7.45. The molecular formula is C16H19N5O2. The number of aryl methyl sites for hydroxylation is 1. The summed E-state index contributed by atoms with van der Waals surface area (Å²) in [6.45, 7) is 2.00. The number of carbonyl (C=O) groups is 2. The van der Waals surface area contributed by atoms with Gasteiger partial charge in [-0.15, -0.1) is 0 Å². The molecule has 0 aromatic carbocycles. The molecule has 7 nitrogen and oxygen atoms in total. The van der Waals surface area contributed by atoms with E-state index in [1.165, 1.54) is 0 Å². The first-order valence-electron chi connectivity index (χ1n) is 7.45. The number of amides is 2. The van der Waals surface area contributed by atoms with E-state index in [4.69, 9.17) is 5.73 Å². The Kier molecular flexibility index (Phi) is 4.12. The van der Waals surface area contributed by atoms with Crippen molar-refractivity contribution in [3.05, 3.63) is 53.6 Å². The summed E-state index contributed by atoms with van der Waals surface area (Å²) in [6.07, 6.45) is 5.07. The van der Waals surface area contributed by atoms with Crippen molar-refractivity contribution in [1.29, 1.82) is 0 Å². The molecule has 0 saturated carbocycles. The van der Waals surface area contributed by atoms with E-state index in [0.29, 0.717) is 24.3 Å². The Morgan fingerprint density at radius 2 is 2.26 bits per heavy atom. The number of piperazine rings is 1. The fraction of sp³-hybridized carbons (Fsp3) is 0.312. The molecule has 1 aliphatic heterocycles. The molecule has 1 fully saturated rings. The number of hydrogen-bond donors (Lipinski definition) is 2. The number of primary amides is 1. The highest BCUT2D eigenvalue weighted by Gasteiger charge is 2.30. The highest BCUT2D eigenvalue weighted by molar-refractivity contribution is 5.99. The van der Waals surface area contributed by atoms with Gasteiger partial charge in [0.1, 0.15) is 5.69 Å². The van der Waals surface area contributed by atoms with Crippen molar-refractivity contribution in [2.45, 2.75) is 6.04 Å². The number of nitrogens with two attached hydrogens (primary N) is 1. The van der Waals surface area contributed by atoms with Crippen LogP contribution < -0.4 is 11.1 Å². The van der Waals surface area contributed by atoms with Crippen LogP contribution >= 0.6 is 0 Å². The Morgan fingerprint density at radius 1 is 1.43 bits per heavy atom. The Labute approximate surface area is 134 Å². The lowest BCUT2D eigenvalue weighted by Gasteiger charge is -2.36. The normalized spacial score (nSPS) is 18.0. The van der Waals surface area contributed by atoms with E-state index in [1.807, 2.05) is 17.0 Å². The van der Waals surface area contributed by atoms with Crippen molar-refractivity contribution in [2.75, 3.05) is 19.6 Å². The van der Waals surface area contributed by atoms with Crippen LogP contribution in [0.3, 0.4) is 0 Å². The second-order valence-electron chi connectivity index (χ2n) is 5.59. The largest absolute Gasteiger partial charge is 0.366 e. The molecule has 1 unspecified atom stereocenters. The molecule has 3 heterocycles. The fourth-order valence-corrected chi connectivity index (χ4v) is 2.88. The number of hydrogen-bond acceptors (Lipinski definition) is 4. The zero-order chi connectivity index (χ0) is 16.4. The first-order chi connectivity index (χ1) is 11.1. The van der Waals surface area contributed by atoms with Gasteiger partial charge in [0.2, 0.25) is 5.91 Å². The average Bonchev–Trinajstić information content (AvgIpc) is 2.97. The predicted octanol–water partition coefficient (Wildman–Crippen LogP) is 0.306. The molecule has 0 aliphatic carbocycles. The lowest BCUT2D eigenvalue weighted by atomic mass is 10.0. The predicted molar refractivity (Wildman–Crippen MR) is 84.8 cm³/mol. The van der Waals surface area contributed by atoms with Crippen molar-refractivity contribution in [3.63, 3.8) is 0 Å². The van der Waals surface area contributed by atoms with Crippen LogP contribution in [0.4, 0.5) is 0 Å². The Bertz CT molecular complexity index is 725. The number of nitrogens with one attached hydrogen (secondary N) is 1. The standard InChI is InChI=1S/C16H19N5O2/c1-20-10-12(15(17)22)7-13(20)16(23)21-6-5-19-9-14(21)11-3-2-4-18-8-11/h2-4,7-8,10,14,19H,5-6,9H2,1H3,(H2,17,22). The van der Waals surface area contributed by atoms with Gasteiger partial charge in [-0.05, 0) is 17.7 Å². The van der Waals surface area contributed by atoms with Crippen LogP contribution in [0.25, 0.3) is 0 Å². The van der Waals surface area contributed by atoms with E-state index < -0.39 is 5.91 Å². The minimum absolute atomic E-state index is 0.0862. The number of pyridine rings is 1. The topological polar surface area (TPSA) is 93.2 Å². The number of aromatic nitrogens is 2. The van der Waals surface area contributed by atoms with Crippen LogP contribution in [0.5, 0.6) is 0 Å². The molecule has 1 atom stereocenters. The highest BCUT2D eigenvalue weighted by atomic mass is 16.2. The lowest BCUT2D eigenvalue weighted by molar-refractivity contribution is 0.0624. The average molecular weight is 313 g/mol. The summed E-state index contributed by atoms with van der Waals surface area (Å²) in [5.74, 6) is -0.654. The van der Waals surface area contributed by atoms with Crippen LogP contribution in [0.15, 0.2) is 36.8 Å². The number of rotatable bonds is 3. The summed E-state index contributed by atoms with van der Waals surface area (Å²) in [5.41, 5.74) is 7.07. The van der Waals surface area contributed by atoms with E-state index in [0.717, 1.165) is 12.1 Å². The summed E-state index contributed by atoms with van der Waals surface area (Å²) in [6, 6.07) is 5.29. The van der Waals surface area contributed by atoms with Gasteiger partial charge >= 0.3 is 0 Å². The Hall–Kier alpha value is -2.67. The molecule has 1 aliphatic rings. The lowest BCUT2D eigenvalue weighted by Crippen LogP contribution is -2.49. The minimum atomic E-state index is -0.538. The number of nitrogens with zero attached hydrogens (tertiary/aromatic N) is 3. The van der Waals surface area contributed by atoms with E-state index >= 15 is 0 Å². The molecule has 3 rings (SSSR count). The maximum Gasteiger partial charge on any atom is 0.271 e. The molecule has 120 valence electrons. The van der Waals surface area contributed by atoms with E-state index in [9.17, 15) is 9.59 Å². The van der Waals surface area contributed by atoms with Crippen LogP contribution in [0.1, 0.15) is 32.5 Å². The van der Waals surface area contributed by atoms with Gasteiger partial charge in [-0.3, -0.25) is 14.6 Å². The smallest absolute Gasteiger partial charge is 0.271 e. The third-order valence-corrected chi connectivity index (χ3v) is 4.08.